The molecule has 0 atom stereocenters. The van der Waals surface area contributed by atoms with Crippen LogP contribution in [0.15, 0.2) is 47.8 Å². The SMILES string of the molecule is c1csc(-c2ccc3nnc(Cc4ccc5c(c4)CCC5)n3n2)c1. The Morgan fingerprint density at radius 1 is 1.00 bits per heavy atom. The lowest BCUT2D eigenvalue weighted by atomic mass is 10.0. The van der Waals surface area contributed by atoms with Gasteiger partial charge in [-0.2, -0.15) is 9.61 Å². The quantitative estimate of drug-likeness (QED) is 0.571. The van der Waals surface area contributed by atoms with Gasteiger partial charge in [0.1, 0.15) is 5.69 Å². The van der Waals surface area contributed by atoms with Crippen LogP contribution in [0.4, 0.5) is 0 Å². The van der Waals surface area contributed by atoms with Crippen molar-refractivity contribution in [2.75, 3.05) is 0 Å². The largest absolute Gasteiger partial charge is 0.196 e. The van der Waals surface area contributed by atoms with Crippen molar-refractivity contribution in [1.82, 2.24) is 19.8 Å². The fourth-order valence-corrected chi connectivity index (χ4v) is 4.11. The van der Waals surface area contributed by atoms with Gasteiger partial charge in [0.15, 0.2) is 11.5 Å². The van der Waals surface area contributed by atoms with Crippen LogP contribution in [-0.4, -0.2) is 19.8 Å². The second-order valence-electron chi connectivity index (χ2n) is 6.22. The number of nitrogens with zero attached hydrogens (tertiary/aromatic N) is 4. The van der Waals surface area contributed by atoms with Crippen LogP contribution in [-0.2, 0) is 19.3 Å². The highest BCUT2D eigenvalue weighted by atomic mass is 32.1. The van der Waals surface area contributed by atoms with E-state index in [9.17, 15) is 0 Å². The van der Waals surface area contributed by atoms with Crippen LogP contribution >= 0.6 is 11.3 Å². The number of fused-ring (bicyclic) bond motifs is 2. The maximum atomic E-state index is 4.75. The molecule has 0 aliphatic heterocycles. The molecule has 3 aromatic heterocycles. The van der Waals surface area contributed by atoms with Gasteiger partial charge in [0.05, 0.1) is 4.88 Å². The van der Waals surface area contributed by atoms with Crippen LogP contribution < -0.4 is 0 Å². The van der Waals surface area contributed by atoms with Crippen LogP contribution in [0.5, 0.6) is 0 Å². The zero-order valence-corrected chi connectivity index (χ0v) is 14.0. The highest BCUT2D eigenvalue weighted by molar-refractivity contribution is 7.13. The molecular weight excluding hydrogens is 316 g/mol. The monoisotopic (exact) mass is 332 g/mol. The number of aryl methyl sites for hydroxylation is 2. The number of hydrogen-bond acceptors (Lipinski definition) is 4. The Bertz CT molecular complexity index is 1020. The summed E-state index contributed by atoms with van der Waals surface area (Å²) in [7, 11) is 0. The van der Waals surface area contributed by atoms with Gasteiger partial charge < -0.3 is 0 Å². The van der Waals surface area contributed by atoms with Crippen molar-refractivity contribution in [3.63, 3.8) is 0 Å². The molecule has 0 saturated heterocycles. The van der Waals surface area contributed by atoms with E-state index < -0.39 is 0 Å². The third-order valence-electron chi connectivity index (χ3n) is 4.63. The lowest BCUT2D eigenvalue weighted by Gasteiger charge is -2.05. The molecule has 3 heterocycles. The molecule has 0 amide bonds. The van der Waals surface area contributed by atoms with E-state index in [1.54, 1.807) is 11.3 Å². The van der Waals surface area contributed by atoms with Crippen molar-refractivity contribution >= 4 is 17.0 Å². The van der Waals surface area contributed by atoms with Crippen molar-refractivity contribution < 1.29 is 0 Å². The second-order valence-corrected chi connectivity index (χ2v) is 7.16. The molecule has 0 unspecified atom stereocenters. The number of rotatable bonds is 3. The zero-order chi connectivity index (χ0) is 15.9. The Labute approximate surface area is 143 Å². The van der Waals surface area contributed by atoms with Gasteiger partial charge in [0.2, 0.25) is 0 Å². The van der Waals surface area contributed by atoms with Crippen molar-refractivity contribution in [2.24, 2.45) is 0 Å². The highest BCUT2D eigenvalue weighted by Gasteiger charge is 2.13. The van der Waals surface area contributed by atoms with Crippen LogP contribution in [0.25, 0.3) is 16.2 Å². The van der Waals surface area contributed by atoms with Crippen LogP contribution in [0.2, 0.25) is 0 Å². The first-order valence-electron chi connectivity index (χ1n) is 8.23. The Balaban J connectivity index is 1.53. The lowest BCUT2D eigenvalue weighted by Crippen LogP contribution is -2.01. The molecule has 0 spiro atoms. The molecular formula is C19H16N4S. The molecule has 1 aromatic carbocycles. The molecule has 4 aromatic rings. The molecule has 4 nitrogen and oxygen atoms in total. The average Bonchev–Trinajstić information content (AvgIpc) is 3.35. The Morgan fingerprint density at radius 2 is 1.96 bits per heavy atom. The summed E-state index contributed by atoms with van der Waals surface area (Å²) in [5.74, 6) is 0.890. The van der Waals surface area contributed by atoms with E-state index in [0.29, 0.717) is 0 Å². The molecule has 0 bridgehead atoms. The molecule has 0 saturated carbocycles. The van der Waals surface area contributed by atoms with E-state index in [1.807, 2.05) is 22.7 Å². The molecule has 0 N–H and O–H groups in total. The van der Waals surface area contributed by atoms with Crippen LogP contribution in [0.1, 0.15) is 28.9 Å². The van der Waals surface area contributed by atoms with Gasteiger partial charge >= 0.3 is 0 Å². The molecule has 0 fully saturated rings. The molecule has 1 aliphatic rings. The van der Waals surface area contributed by atoms with Gasteiger partial charge in [-0.25, -0.2) is 0 Å². The predicted molar refractivity (Wildman–Crippen MR) is 95.4 cm³/mol. The van der Waals surface area contributed by atoms with E-state index >= 15 is 0 Å². The van der Waals surface area contributed by atoms with E-state index in [-0.39, 0.29) is 0 Å². The summed E-state index contributed by atoms with van der Waals surface area (Å²) < 4.78 is 1.88. The Kier molecular flexibility index (Phi) is 3.19. The molecule has 118 valence electrons. The first-order chi connectivity index (χ1) is 11.9. The average molecular weight is 332 g/mol. The summed E-state index contributed by atoms with van der Waals surface area (Å²) in [4.78, 5) is 1.16. The normalized spacial score (nSPS) is 13.5. The maximum absolute atomic E-state index is 4.75. The first-order valence-corrected chi connectivity index (χ1v) is 9.11. The maximum Gasteiger partial charge on any atom is 0.177 e. The number of thiophene rings is 1. The molecule has 5 rings (SSSR count). The number of hydrogen-bond donors (Lipinski definition) is 0. The van der Waals surface area contributed by atoms with Crippen molar-refractivity contribution in [2.45, 2.75) is 25.7 Å². The fourth-order valence-electron chi connectivity index (χ4n) is 3.42. The molecule has 0 radical (unpaired) electrons. The zero-order valence-electron chi connectivity index (χ0n) is 13.1. The smallest absolute Gasteiger partial charge is 0.177 e. The first kappa shape index (κ1) is 13.9. The fraction of sp³-hybridized carbons (Fsp3) is 0.211. The Morgan fingerprint density at radius 3 is 2.88 bits per heavy atom. The minimum atomic E-state index is 0.759. The number of benzene rings is 1. The van der Waals surface area contributed by atoms with Crippen molar-refractivity contribution in [3.8, 4) is 10.6 Å². The summed E-state index contributed by atoms with van der Waals surface area (Å²) in [5.41, 5.74) is 6.05. The lowest BCUT2D eigenvalue weighted by molar-refractivity contribution is 0.841. The summed E-state index contributed by atoms with van der Waals surface area (Å²) >= 11 is 1.69. The van der Waals surface area contributed by atoms with Crippen molar-refractivity contribution in [3.05, 3.63) is 70.4 Å². The summed E-state index contributed by atoms with van der Waals surface area (Å²) in [6, 6.07) is 14.9. The summed E-state index contributed by atoms with van der Waals surface area (Å²) in [6.45, 7) is 0. The topological polar surface area (TPSA) is 43.1 Å². The summed E-state index contributed by atoms with van der Waals surface area (Å²) in [5, 5.41) is 15.4. The third-order valence-corrected chi connectivity index (χ3v) is 5.52. The van der Waals surface area contributed by atoms with Crippen LogP contribution in [0, 0.1) is 0 Å². The van der Waals surface area contributed by atoms with E-state index in [2.05, 4.69) is 39.8 Å². The van der Waals surface area contributed by atoms with Gasteiger partial charge in [-0.05, 0) is 59.5 Å². The summed E-state index contributed by atoms with van der Waals surface area (Å²) in [6.07, 6.45) is 4.45. The van der Waals surface area contributed by atoms with E-state index in [0.717, 1.165) is 28.5 Å². The number of aromatic nitrogens is 4. The predicted octanol–water partition coefficient (Wildman–Crippen LogP) is 3.93. The van der Waals surface area contributed by atoms with Crippen LogP contribution in [0.3, 0.4) is 0 Å². The van der Waals surface area contributed by atoms with Crippen molar-refractivity contribution in [1.29, 1.82) is 0 Å². The van der Waals surface area contributed by atoms with Gasteiger partial charge in [-0.1, -0.05) is 24.3 Å². The standard InChI is InChI=1S/C19H16N4S/c1-3-14-7-6-13(11-15(14)4-1)12-19-21-20-18-9-8-16(22-23(18)19)17-5-2-10-24-17/h2,5-11H,1,3-4,12H2. The Hall–Kier alpha value is -2.53. The minimum absolute atomic E-state index is 0.759. The van der Waals surface area contributed by atoms with Gasteiger partial charge in [0, 0.05) is 6.42 Å². The van der Waals surface area contributed by atoms with E-state index in [1.165, 1.54) is 36.0 Å². The van der Waals surface area contributed by atoms with E-state index in [4.69, 9.17) is 5.10 Å². The molecule has 24 heavy (non-hydrogen) atoms. The highest BCUT2D eigenvalue weighted by Crippen LogP contribution is 2.25. The molecule has 1 aliphatic carbocycles. The second kappa shape index (κ2) is 5.53. The third kappa shape index (κ3) is 2.32. The van der Waals surface area contributed by atoms with Gasteiger partial charge in [-0.15, -0.1) is 21.5 Å². The van der Waals surface area contributed by atoms with Gasteiger partial charge in [0.25, 0.3) is 0 Å². The van der Waals surface area contributed by atoms with Gasteiger partial charge in [-0.3, -0.25) is 0 Å². The molecule has 5 heteroatoms. The minimum Gasteiger partial charge on any atom is -0.196 e.